The molecule has 35 heavy (non-hydrogen) atoms. The average Bonchev–Trinajstić information content (AvgIpc) is 3.47. The quantitative estimate of drug-likeness (QED) is 0.339. The maximum atomic E-state index is 14.0. The number of fused-ring (bicyclic) bond motifs is 3. The van der Waals surface area contributed by atoms with Crippen LogP contribution in [0.15, 0.2) is 77.9 Å². The van der Waals surface area contributed by atoms with E-state index >= 15 is 0 Å². The number of H-pyrrole nitrogens is 1. The third kappa shape index (κ3) is 3.70. The monoisotopic (exact) mass is 464 g/mol. The van der Waals surface area contributed by atoms with Gasteiger partial charge in [0, 0.05) is 28.8 Å². The van der Waals surface area contributed by atoms with Crippen molar-refractivity contribution in [2.45, 2.75) is 45.2 Å². The molecule has 1 fully saturated rings. The van der Waals surface area contributed by atoms with Gasteiger partial charge in [-0.25, -0.2) is 9.78 Å². The summed E-state index contributed by atoms with van der Waals surface area (Å²) in [6, 6.07) is 19.1. The van der Waals surface area contributed by atoms with Gasteiger partial charge in [0.1, 0.15) is 5.65 Å². The van der Waals surface area contributed by atoms with Gasteiger partial charge in [-0.3, -0.25) is 13.9 Å². The Bertz CT molecular complexity index is 1590. The standard InChI is InChI=1S/C29H28N4O2/c1-19-8-5-6-13-24(19)33-26-23-14-15-30-28(23)31-17-25(26)32(29(33)35)18-20-9-7-12-22(16-20)27(34)21-10-3-2-4-11-21/h2-4,7,9-12,14-17,19,24H,5-6,8,13,18H2,1H3,(H,30,31)/t19-,24+/m1/s1. The molecule has 0 bridgehead atoms. The van der Waals surface area contributed by atoms with Crippen molar-refractivity contribution in [3.63, 3.8) is 0 Å². The molecule has 0 unspecified atom stereocenters. The first-order valence-corrected chi connectivity index (χ1v) is 12.4. The number of hydrogen-bond donors (Lipinski definition) is 1. The molecule has 6 heteroatoms. The van der Waals surface area contributed by atoms with E-state index in [0.29, 0.717) is 23.6 Å². The Morgan fingerprint density at radius 1 is 1.03 bits per heavy atom. The van der Waals surface area contributed by atoms with Crippen LogP contribution in [0.5, 0.6) is 0 Å². The van der Waals surface area contributed by atoms with E-state index in [-0.39, 0.29) is 17.5 Å². The molecule has 0 aliphatic heterocycles. The summed E-state index contributed by atoms with van der Waals surface area (Å²) in [5, 5.41) is 0.976. The number of nitrogens with zero attached hydrogens (tertiary/aromatic N) is 3. The number of rotatable bonds is 5. The number of nitrogens with one attached hydrogen (secondary N) is 1. The lowest BCUT2D eigenvalue weighted by Crippen LogP contribution is -2.32. The predicted octanol–water partition coefficient (Wildman–Crippen LogP) is 5.71. The Balaban J connectivity index is 1.47. The van der Waals surface area contributed by atoms with Gasteiger partial charge in [-0.2, -0.15) is 0 Å². The molecule has 6 rings (SSSR count). The van der Waals surface area contributed by atoms with E-state index in [1.807, 2.05) is 76.0 Å². The number of ketones is 1. The number of aromatic nitrogens is 4. The summed E-state index contributed by atoms with van der Waals surface area (Å²) in [5.74, 6) is 0.420. The highest BCUT2D eigenvalue weighted by atomic mass is 16.2. The van der Waals surface area contributed by atoms with Crippen LogP contribution < -0.4 is 5.69 Å². The van der Waals surface area contributed by atoms with Crippen LogP contribution in [0, 0.1) is 5.92 Å². The van der Waals surface area contributed by atoms with Crippen molar-refractivity contribution in [3.8, 4) is 0 Å². The highest BCUT2D eigenvalue weighted by Crippen LogP contribution is 2.36. The van der Waals surface area contributed by atoms with E-state index in [4.69, 9.17) is 0 Å². The van der Waals surface area contributed by atoms with Gasteiger partial charge in [-0.1, -0.05) is 68.3 Å². The Labute approximate surface area is 203 Å². The molecule has 6 nitrogen and oxygen atoms in total. The highest BCUT2D eigenvalue weighted by molar-refractivity contribution is 6.09. The van der Waals surface area contributed by atoms with E-state index in [9.17, 15) is 9.59 Å². The van der Waals surface area contributed by atoms with Crippen molar-refractivity contribution in [1.29, 1.82) is 0 Å². The number of aromatic amines is 1. The predicted molar refractivity (Wildman–Crippen MR) is 138 cm³/mol. The molecular formula is C29H28N4O2. The average molecular weight is 465 g/mol. The zero-order valence-electron chi connectivity index (χ0n) is 19.8. The number of pyridine rings is 1. The van der Waals surface area contributed by atoms with Gasteiger partial charge in [0.15, 0.2) is 5.78 Å². The molecule has 5 aromatic rings. The zero-order chi connectivity index (χ0) is 23.9. The second kappa shape index (κ2) is 8.69. The summed E-state index contributed by atoms with van der Waals surface area (Å²) >= 11 is 0. The molecule has 1 aliphatic carbocycles. The molecule has 0 amide bonds. The van der Waals surface area contributed by atoms with Crippen molar-refractivity contribution in [3.05, 3.63) is 100 Å². The molecule has 3 heterocycles. The number of benzene rings is 2. The fraction of sp³-hybridized carbons (Fsp3) is 0.276. The normalized spacial score (nSPS) is 18.3. The molecule has 2 atom stereocenters. The van der Waals surface area contributed by atoms with Gasteiger partial charge < -0.3 is 4.98 Å². The molecule has 3 aromatic heterocycles. The van der Waals surface area contributed by atoms with Crippen molar-refractivity contribution >= 4 is 27.9 Å². The van der Waals surface area contributed by atoms with E-state index in [0.717, 1.165) is 46.9 Å². The molecule has 1 saturated carbocycles. The molecule has 0 radical (unpaired) electrons. The minimum Gasteiger partial charge on any atom is -0.346 e. The largest absolute Gasteiger partial charge is 0.346 e. The highest BCUT2D eigenvalue weighted by Gasteiger charge is 2.29. The third-order valence-electron chi connectivity index (χ3n) is 7.47. The smallest absolute Gasteiger partial charge is 0.329 e. The van der Waals surface area contributed by atoms with Crippen molar-refractivity contribution < 1.29 is 4.79 Å². The van der Waals surface area contributed by atoms with Crippen molar-refractivity contribution in [2.75, 3.05) is 0 Å². The van der Waals surface area contributed by atoms with Gasteiger partial charge in [-0.05, 0) is 36.5 Å². The number of imidazole rings is 1. The summed E-state index contributed by atoms with van der Waals surface area (Å²) in [5.41, 5.74) is 4.77. The first-order valence-electron chi connectivity index (χ1n) is 12.4. The van der Waals surface area contributed by atoms with E-state index in [1.165, 1.54) is 6.42 Å². The van der Waals surface area contributed by atoms with Crippen LogP contribution >= 0.6 is 0 Å². The first kappa shape index (κ1) is 21.6. The summed E-state index contributed by atoms with van der Waals surface area (Å²) in [6.45, 7) is 2.64. The lowest BCUT2D eigenvalue weighted by Gasteiger charge is -2.29. The lowest BCUT2D eigenvalue weighted by molar-refractivity contribution is 0.103. The topological polar surface area (TPSA) is 72.7 Å². The fourth-order valence-corrected chi connectivity index (χ4v) is 5.65. The van der Waals surface area contributed by atoms with Crippen molar-refractivity contribution in [2.24, 2.45) is 5.92 Å². The Hall–Kier alpha value is -3.93. The Morgan fingerprint density at radius 3 is 2.66 bits per heavy atom. The molecule has 0 spiro atoms. The summed E-state index contributed by atoms with van der Waals surface area (Å²) in [6.07, 6.45) is 8.18. The lowest BCUT2D eigenvalue weighted by atomic mass is 9.85. The minimum atomic E-state index is -0.0195. The van der Waals surface area contributed by atoms with Gasteiger partial charge >= 0.3 is 5.69 Å². The van der Waals surface area contributed by atoms with Gasteiger partial charge in [0.05, 0.1) is 23.8 Å². The minimum absolute atomic E-state index is 0.00552. The number of hydrogen-bond acceptors (Lipinski definition) is 3. The van der Waals surface area contributed by atoms with Gasteiger partial charge in [0.2, 0.25) is 0 Å². The molecule has 176 valence electrons. The zero-order valence-corrected chi connectivity index (χ0v) is 19.8. The van der Waals surface area contributed by atoms with E-state index in [1.54, 1.807) is 6.20 Å². The van der Waals surface area contributed by atoms with Crippen LogP contribution in [0.1, 0.15) is 60.1 Å². The van der Waals surface area contributed by atoms with Crippen molar-refractivity contribution in [1.82, 2.24) is 19.1 Å². The van der Waals surface area contributed by atoms with Gasteiger partial charge in [-0.15, -0.1) is 0 Å². The van der Waals surface area contributed by atoms with Gasteiger partial charge in [0.25, 0.3) is 0 Å². The molecular weight excluding hydrogens is 436 g/mol. The summed E-state index contributed by atoms with van der Waals surface area (Å²) in [4.78, 5) is 34.8. The molecule has 2 aromatic carbocycles. The third-order valence-corrected chi connectivity index (χ3v) is 7.47. The Morgan fingerprint density at radius 2 is 1.83 bits per heavy atom. The second-order valence-corrected chi connectivity index (χ2v) is 9.70. The number of carbonyl (C=O) groups excluding carboxylic acids is 1. The fourth-order valence-electron chi connectivity index (χ4n) is 5.65. The molecule has 1 N–H and O–H groups in total. The molecule has 0 saturated heterocycles. The van der Waals surface area contributed by atoms with Crippen LogP contribution in [0.2, 0.25) is 0 Å². The second-order valence-electron chi connectivity index (χ2n) is 9.70. The van der Waals surface area contributed by atoms with Crippen LogP contribution in [0.25, 0.3) is 22.1 Å². The van der Waals surface area contributed by atoms with Crippen LogP contribution in [-0.4, -0.2) is 24.9 Å². The van der Waals surface area contributed by atoms with E-state index < -0.39 is 0 Å². The van der Waals surface area contributed by atoms with Crippen LogP contribution in [0.3, 0.4) is 0 Å². The summed E-state index contributed by atoms with van der Waals surface area (Å²) in [7, 11) is 0. The molecule has 1 aliphatic rings. The van der Waals surface area contributed by atoms with Crippen LogP contribution in [0.4, 0.5) is 0 Å². The van der Waals surface area contributed by atoms with Crippen LogP contribution in [-0.2, 0) is 6.54 Å². The Kier molecular flexibility index (Phi) is 5.36. The van der Waals surface area contributed by atoms with E-state index in [2.05, 4.69) is 16.9 Å². The SMILES string of the molecule is C[C@@H]1CCCC[C@@H]1n1c(=O)n(Cc2cccc(C(=O)c3ccccc3)c2)c2cnc3[nH]ccc3c21. The first-order chi connectivity index (χ1) is 17.1. The maximum Gasteiger partial charge on any atom is 0.329 e. The maximum absolute atomic E-state index is 14.0. The number of carbonyl (C=O) groups is 1. The summed E-state index contributed by atoms with van der Waals surface area (Å²) < 4.78 is 3.85.